The van der Waals surface area contributed by atoms with Crippen molar-refractivity contribution < 1.29 is 9.47 Å². The standard InChI is InChI=1S/C15H10ClN3O4/c1-6-2-9(17-13-12(6)18-15(21)19-14(13)20)7-3-10-11(4-8(7)16)23-5-22-10/h2-4H,5H2,1H3,(H2,18,19,20,21). The molecule has 1 aliphatic heterocycles. The second-order valence-corrected chi connectivity index (χ2v) is 5.55. The number of benzene rings is 1. The highest BCUT2D eigenvalue weighted by molar-refractivity contribution is 6.33. The molecule has 0 spiro atoms. The minimum atomic E-state index is -0.568. The van der Waals surface area contributed by atoms with E-state index in [1.165, 1.54) is 0 Å². The number of aromatic amines is 2. The van der Waals surface area contributed by atoms with Crippen molar-refractivity contribution in [2.75, 3.05) is 6.79 Å². The molecular formula is C15H10ClN3O4. The third kappa shape index (κ3) is 2.17. The fourth-order valence-electron chi connectivity index (χ4n) is 2.55. The number of H-pyrrole nitrogens is 2. The zero-order valence-corrected chi connectivity index (χ0v) is 12.7. The normalized spacial score (nSPS) is 12.8. The fourth-order valence-corrected chi connectivity index (χ4v) is 2.80. The van der Waals surface area contributed by atoms with Gasteiger partial charge in [0.05, 0.1) is 16.2 Å². The van der Waals surface area contributed by atoms with Crippen LogP contribution in [0.1, 0.15) is 5.56 Å². The summed E-state index contributed by atoms with van der Waals surface area (Å²) in [5.74, 6) is 1.14. The second kappa shape index (κ2) is 4.85. The predicted octanol–water partition coefficient (Wildman–Crippen LogP) is 1.97. The van der Waals surface area contributed by atoms with Crippen LogP contribution < -0.4 is 20.7 Å². The van der Waals surface area contributed by atoms with E-state index in [2.05, 4.69) is 15.0 Å². The van der Waals surface area contributed by atoms with Crippen molar-refractivity contribution in [3.8, 4) is 22.8 Å². The number of hydrogen-bond donors (Lipinski definition) is 2. The van der Waals surface area contributed by atoms with Gasteiger partial charge < -0.3 is 14.5 Å². The van der Waals surface area contributed by atoms with Gasteiger partial charge in [-0.1, -0.05) is 11.6 Å². The minimum absolute atomic E-state index is 0.139. The molecule has 7 nitrogen and oxygen atoms in total. The first-order valence-electron chi connectivity index (χ1n) is 6.76. The average molecular weight is 332 g/mol. The molecule has 2 aromatic heterocycles. The molecule has 3 heterocycles. The number of nitrogens with zero attached hydrogens (tertiary/aromatic N) is 1. The van der Waals surface area contributed by atoms with Crippen LogP contribution in [0.25, 0.3) is 22.3 Å². The van der Waals surface area contributed by atoms with Crippen LogP contribution in [-0.4, -0.2) is 21.7 Å². The molecule has 3 aromatic rings. The van der Waals surface area contributed by atoms with E-state index < -0.39 is 11.2 Å². The lowest BCUT2D eigenvalue weighted by Gasteiger charge is -2.08. The Kier molecular flexibility index (Phi) is 2.92. The van der Waals surface area contributed by atoms with Gasteiger partial charge in [0, 0.05) is 11.6 Å². The Labute approximate surface area is 133 Å². The van der Waals surface area contributed by atoms with Crippen LogP contribution in [-0.2, 0) is 0 Å². The topological polar surface area (TPSA) is 97.1 Å². The number of halogens is 1. The van der Waals surface area contributed by atoms with Crippen molar-refractivity contribution in [2.24, 2.45) is 0 Å². The van der Waals surface area contributed by atoms with Crippen LogP contribution in [0.3, 0.4) is 0 Å². The molecule has 0 radical (unpaired) electrons. The molecule has 2 N–H and O–H groups in total. The van der Waals surface area contributed by atoms with Crippen LogP contribution in [0.5, 0.6) is 11.5 Å². The molecule has 0 saturated carbocycles. The van der Waals surface area contributed by atoms with Crippen molar-refractivity contribution in [3.05, 3.63) is 49.6 Å². The van der Waals surface area contributed by atoms with Gasteiger partial charge in [-0.05, 0) is 24.6 Å². The molecule has 0 fully saturated rings. The summed E-state index contributed by atoms with van der Waals surface area (Å²) in [4.78, 5) is 32.5. The number of fused-ring (bicyclic) bond motifs is 2. The van der Waals surface area contributed by atoms with E-state index in [9.17, 15) is 9.59 Å². The molecule has 0 atom stereocenters. The van der Waals surface area contributed by atoms with Crippen molar-refractivity contribution in [1.29, 1.82) is 0 Å². The lowest BCUT2D eigenvalue weighted by molar-refractivity contribution is 0.174. The van der Waals surface area contributed by atoms with Gasteiger partial charge in [-0.25, -0.2) is 9.78 Å². The third-order valence-electron chi connectivity index (χ3n) is 3.64. The van der Waals surface area contributed by atoms with Crippen LogP contribution >= 0.6 is 11.6 Å². The highest BCUT2D eigenvalue weighted by Gasteiger charge is 2.19. The van der Waals surface area contributed by atoms with Gasteiger partial charge in [-0.2, -0.15) is 0 Å². The van der Waals surface area contributed by atoms with E-state index in [4.69, 9.17) is 21.1 Å². The summed E-state index contributed by atoms with van der Waals surface area (Å²) in [6.45, 7) is 1.92. The zero-order valence-electron chi connectivity index (χ0n) is 11.9. The number of hydrogen-bond acceptors (Lipinski definition) is 5. The Bertz CT molecular complexity index is 1070. The van der Waals surface area contributed by atoms with Gasteiger partial charge in [0.2, 0.25) is 6.79 Å². The molecule has 1 aliphatic rings. The lowest BCUT2D eigenvalue weighted by Crippen LogP contribution is -2.23. The van der Waals surface area contributed by atoms with Crippen LogP contribution in [0, 0.1) is 6.92 Å². The first-order valence-corrected chi connectivity index (χ1v) is 7.14. The van der Waals surface area contributed by atoms with Crippen molar-refractivity contribution in [2.45, 2.75) is 6.92 Å². The number of aromatic nitrogens is 3. The second-order valence-electron chi connectivity index (χ2n) is 5.14. The van der Waals surface area contributed by atoms with E-state index in [0.717, 1.165) is 0 Å². The average Bonchev–Trinajstić information content (AvgIpc) is 2.94. The summed E-state index contributed by atoms with van der Waals surface area (Å²) < 4.78 is 10.6. The van der Waals surface area contributed by atoms with Gasteiger partial charge >= 0.3 is 5.69 Å². The fraction of sp³-hybridized carbons (Fsp3) is 0.133. The van der Waals surface area contributed by atoms with E-state index >= 15 is 0 Å². The number of ether oxygens (including phenoxy) is 2. The van der Waals surface area contributed by atoms with Crippen molar-refractivity contribution in [3.63, 3.8) is 0 Å². The highest BCUT2D eigenvalue weighted by atomic mass is 35.5. The summed E-state index contributed by atoms with van der Waals surface area (Å²) in [6, 6.07) is 5.12. The number of pyridine rings is 1. The maximum Gasteiger partial charge on any atom is 0.326 e. The largest absolute Gasteiger partial charge is 0.454 e. The lowest BCUT2D eigenvalue weighted by atomic mass is 10.1. The monoisotopic (exact) mass is 331 g/mol. The van der Waals surface area contributed by atoms with Crippen LogP contribution in [0.15, 0.2) is 27.8 Å². The number of rotatable bonds is 1. The molecule has 0 unspecified atom stereocenters. The van der Waals surface area contributed by atoms with Gasteiger partial charge in [-0.15, -0.1) is 0 Å². The first kappa shape index (κ1) is 13.8. The molecule has 8 heteroatoms. The van der Waals surface area contributed by atoms with Gasteiger partial charge in [0.25, 0.3) is 5.56 Å². The molecule has 116 valence electrons. The van der Waals surface area contributed by atoms with E-state index in [-0.39, 0.29) is 12.3 Å². The summed E-state index contributed by atoms with van der Waals surface area (Å²) in [7, 11) is 0. The summed E-state index contributed by atoms with van der Waals surface area (Å²) >= 11 is 6.29. The predicted molar refractivity (Wildman–Crippen MR) is 84.3 cm³/mol. The minimum Gasteiger partial charge on any atom is -0.454 e. The molecular weight excluding hydrogens is 322 g/mol. The Morgan fingerprint density at radius 2 is 1.87 bits per heavy atom. The molecule has 0 aliphatic carbocycles. The number of aryl methyl sites for hydroxylation is 1. The Morgan fingerprint density at radius 3 is 2.65 bits per heavy atom. The summed E-state index contributed by atoms with van der Waals surface area (Å²) in [5.41, 5.74) is 1.27. The van der Waals surface area contributed by atoms with Gasteiger partial charge in [-0.3, -0.25) is 9.78 Å². The summed E-state index contributed by atoms with van der Waals surface area (Å²) in [5, 5.41) is 0.432. The number of nitrogens with one attached hydrogen (secondary N) is 2. The first-order chi connectivity index (χ1) is 11.0. The Morgan fingerprint density at radius 1 is 1.13 bits per heavy atom. The van der Waals surface area contributed by atoms with Crippen molar-refractivity contribution >= 4 is 22.6 Å². The van der Waals surface area contributed by atoms with E-state index in [1.807, 2.05) is 0 Å². The van der Waals surface area contributed by atoms with Gasteiger partial charge in [0.1, 0.15) is 0 Å². The van der Waals surface area contributed by atoms with E-state index in [0.29, 0.717) is 38.9 Å². The highest BCUT2D eigenvalue weighted by Crippen LogP contribution is 2.40. The summed E-state index contributed by atoms with van der Waals surface area (Å²) in [6.07, 6.45) is 0. The van der Waals surface area contributed by atoms with Crippen molar-refractivity contribution in [1.82, 2.24) is 15.0 Å². The quantitative estimate of drug-likeness (QED) is 0.710. The molecule has 0 amide bonds. The maximum absolute atomic E-state index is 12.0. The van der Waals surface area contributed by atoms with Gasteiger partial charge in [0.15, 0.2) is 17.0 Å². The maximum atomic E-state index is 12.0. The molecule has 1 aromatic carbocycles. The Balaban J connectivity index is 2.00. The van der Waals surface area contributed by atoms with Crippen LogP contribution in [0.4, 0.5) is 0 Å². The molecule has 0 bridgehead atoms. The van der Waals surface area contributed by atoms with E-state index in [1.54, 1.807) is 25.1 Å². The SMILES string of the molecule is Cc1cc(-c2cc3c(cc2Cl)OCO3)nc2c(=O)[nH]c(=O)[nH]c12. The van der Waals surface area contributed by atoms with Crippen LogP contribution in [0.2, 0.25) is 5.02 Å². The Hall–Kier alpha value is -2.80. The zero-order chi connectivity index (χ0) is 16.1. The third-order valence-corrected chi connectivity index (χ3v) is 3.95. The molecule has 23 heavy (non-hydrogen) atoms. The molecule has 0 saturated heterocycles. The molecule has 4 rings (SSSR count). The smallest absolute Gasteiger partial charge is 0.326 e.